The van der Waals surface area contributed by atoms with E-state index < -0.39 is 6.03 Å². The summed E-state index contributed by atoms with van der Waals surface area (Å²) in [4.78, 5) is 10.8. The predicted molar refractivity (Wildman–Crippen MR) is 72.5 cm³/mol. The summed E-state index contributed by atoms with van der Waals surface area (Å²) in [7, 11) is 0. The monoisotopic (exact) mass is 245 g/mol. The van der Waals surface area contributed by atoms with E-state index in [0.717, 1.165) is 23.2 Å². The van der Waals surface area contributed by atoms with Gasteiger partial charge in [0.25, 0.3) is 0 Å². The summed E-state index contributed by atoms with van der Waals surface area (Å²) in [6, 6.07) is 7.87. The molecular weight excluding hydrogens is 226 g/mol. The molecule has 0 heterocycles. The highest BCUT2D eigenvalue weighted by Crippen LogP contribution is 2.45. The van der Waals surface area contributed by atoms with Crippen LogP contribution in [0, 0.1) is 11.8 Å². The Morgan fingerprint density at radius 1 is 1.17 bits per heavy atom. The molecule has 1 aromatic rings. The molecule has 2 fully saturated rings. The Morgan fingerprint density at radius 2 is 1.78 bits per heavy atom. The molecule has 2 amide bonds. The zero-order valence-corrected chi connectivity index (χ0v) is 10.4. The molecule has 0 radical (unpaired) electrons. The lowest BCUT2D eigenvalue weighted by Crippen LogP contribution is -2.24. The van der Waals surface area contributed by atoms with Crippen molar-refractivity contribution in [2.24, 2.45) is 17.6 Å². The second-order valence-corrected chi connectivity index (χ2v) is 5.42. The Morgan fingerprint density at radius 3 is 2.33 bits per heavy atom. The van der Waals surface area contributed by atoms with Gasteiger partial charge in [0.05, 0.1) is 0 Å². The standard InChI is InChI=1S/C14H19N3O/c15-14(18)17-12-3-1-2-11(8-12)16-13(9-4-5-9)10-6-7-10/h1-3,8-10,13,16H,4-7H2,(H3,15,17,18). The third-order valence-corrected chi connectivity index (χ3v) is 3.72. The van der Waals surface area contributed by atoms with Gasteiger partial charge in [-0.15, -0.1) is 0 Å². The number of carbonyl (C=O) groups excluding carboxylic acids is 1. The van der Waals surface area contributed by atoms with E-state index >= 15 is 0 Å². The number of amides is 2. The molecule has 4 heteroatoms. The van der Waals surface area contributed by atoms with E-state index in [4.69, 9.17) is 5.73 Å². The van der Waals surface area contributed by atoms with Crippen LogP contribution in [0.15, 0.2) is 24.3 Å². The minimum Gasteiger partial charge on any atom is -0.382 e. The van der Waals surface area contributed by atoms with Crippen molar-refractivity contribution in [3.05, 3.63) is 24.3 Å². The second kappa shape index (κ2) is 4.52. The Kier molecular flexibility index (Phi) is 2.86. The zero-order valence-electron chi connectivity index (χ0n) is 10.4. The lowest BCUT2D eigenvalue weighted by Gasteiger charge is -2.19. The van der Waals surface area contributed by atoms with E-state index in [2.05, 4.69) is 10.6 Å². The van der Waals surface area contributed by atoms with Gasteiger partial charge in [-0.3, -0.25) is 0 Å². The van der Waals surface area contributed by atoms with E-state index in [-0.39, 0.29) is 0 Å². The van der Waals surface area contributed by atoms with Crippen molar-refractivity contribution in [3.8, 4) is 0 Å². The van der Waals surface area contributed by atoms with Crippen molar-refractivity contribution in [1.29, 1.82) is 0 Å². The number of rotatable bonds is 5. The third-order valence-electron chi connectivity index (χ3n) is 3.72. The van der Waals surface area contributed by atoms with Crippen molar-refractivity contribution in [2.45, 2.75) is 31.7 Å². The van der Waals surface area contributed by atoms with Crippen molar-refractivity contribution >= 4 is 17.4 Å². The van der Waals surface area contributed by atoms with Crippen LogP contribution in [0.4, 0.5) is 16.2 Å². The normalized spacial score (nSPS) is 18.7. The zero-order chi connectivity index (χ0) is 12.5. The van der Waals surface area contributed by atoms with E-state index in [1.54, 1.807) is 0 Å². The van der Waals surface area contributed by atoms with Crippen molar-refractivity contribution in [1.82, 2.24) is 0 Å². The van der Waals surface area contributed by atoms with Crippen LogP contribution in [-0.4, -0.2) is 12.1 Å². The number of urea groups is 1. The molecular formula is C14H19N3O. The van der Waals surface area contributed by atoms with Crippen LogP contribution >= 0.6 is 0 Å². The first-order valence-corrected chi connectivity index (χ1v) is 6.65. The lowest BCUT2D eigenvalue weighted by molar-refractivity contribution is 0.259. The van der Waals surface area contributed by atoms with Gasteiger partial charge in [-0.2, -0.15) is 0 Å². The summed E-state index contributed by atoms with van der Waals surface area (Å²) in [5.74, 6) is 1.70. The molecule has 2 saturated carbocycles. The molecule has 2 aliphatic carbocycles. The molecule has 0 spiro atoms. The predicted octanol–water partition coefficient (Wildman–Crippen LogP) is 2.78. The van der Waals surface area contributed by atoms with Crippen molar-refractivity contribution < 1.29 is 4.79 Å². The lowest BCUT2D eigenvalue weighted by atomic mass is 10.1. The van der Waals surface area contributed by atoms with Crippen LogP contribution in [0.5, 0.6) is 0 Å². The molecule has 96 valence electrons. The van der Waals surface area contributed by atoms with Gasteiger partial charge in [-0.05, 0) is 55.7 Å². The van der Waals surface area contributed by atoms with Gasteiger partial charge < -0.3 is 16.4 Å². The van der Waals surface area contributed by atoms with Gasteiger partial charge >= 0.3 is 6.03 Å². The second-order valence-electron chi connectivity index (χ2n) is 5.42. The summed E-state index contributed by atoms with van der Waals surface area (Å²) in [5, 5.41) is 6.23. The topological polar surface area (TPSA) is 67.2 Å². The molecule has 4 nitrogen and oxygen atoms in total. The highest BCUT2D eigenvalue weighted by atomic mass is 16.2. The Hall–Kier alpha value is -1.71. The fraction of sp³-hybridized carbons (Fsp3) is 0.500. The van der Waals surface area contributed by atoms with Crippen LogP contribution in [-0.2, 0) is 0 Å². The number of anilines is 2. The molecule has 3 rings (SSSR count). The van der Waals surface area contributed by atoms with E-state index in [9.17, 15) is 4.79 Å². The summed E-state index contributed by atoms with van der Waals surface area (Å²) >= 11 is 0. The average molecular weight is 245 g/mol. The summed E-state index contributed by atoms with van der Waals surface area (Å²) < 4.78 is 0. The summed E-state index contributed by atoms with van der Waals surface area (Å²) in [6.07, 6.45) is 5.42. The van der Waals surface area contributed by atoms with Crippen LogP contribution in [0.1, 0.15) is 25.7 Å². The summed E-state index contributed by atoms with van der Waals surface area (Å²) in [5.41, 5.74) is 6.94. The number of hydrogen-bond acceptors (Lipinski definition) is 2. The molecule has 0 aromatic heterocycles. The van der Waals surface area contributed by atoms with Crippen LogP contribution in [0.25, 0.3) is 0 Å². The highest BCUT2D eigenvalue weighted by Gasteiger charge is 2.41. The maximum Gasteiger partial charge on any atom is 0.316 e. The molecule has 0 aliphatic heterocycles. The van der Waals surface area contributed by atoms with E-state index in [0.29, 0.717) is 6.04 Å². The first kappa shape index (κ1) is 11.4. The van der Waals surface area contributed by atoms with Crippen LogP contribution in [0.3, 0.4) is 0 Å². The number of hydrogen-bond donors (Lipinski definition) is 3. The Labute approximate surface area is 107 Å². The molecule has 4 N–H and O–H groups in total. The number of benzene rings is 1. The van der Waals surface area contributed by atoms with Crippen LogP contribution in [0.2, 0.25) is 0 Å². The quantitative estimate of drug-likeness (QED) is 0.746. The van der Waals surface area contributed by atoms with Crippen LogP contribution < -0.4 is 16.4 Å². The molecule has 0 unspecified atom stereocenters. The Balaban J connectivity index is 1.68. The fourth-order valence-corrected chi connectivity index (χ4v) is 2.55. The molecule has 0 bridgehead atoms. The molecule has 0 atom stereocenters. The van der Waals surface area contributed by atoms with Gasteiger partial charge in [0, 0.05) is 17.4 Å². The van der Waals surface area contributed by atoms with E-state index in [1.807, 2.05) is 24.3 Å². The van der Waals surface area contributed by atoms with Crippen molar-refractivity contribution in [2.75, 3.05) is 10.6 Å². The highest BCUT2D eigenvalue weighted by molar-refractivity contribution is 5.88. The van der Waals surface area contributed by atoms with Gasteiger partial charge in [0.2, 0.25) is 0 Å². The number of nitrogens with two attached hydrogens (primary N) is 1. The molecule has 2 aliphatic rings. The maximum absolute atomic E-state index is 10.8. The first-order chi connectivity index (χ1) is 8.72. The van der Waals surface area contributed by atoms with Gasteiger partial charge in [-0.1, -0.05) is 6.07 Å². The van der Waals surface area contributed by atoms with Gasteiger partial charge in [0.15, 0.2) is 0 Å². The largest absolute Gasteiger partial charge is 0.382 e. The number of primary amides is 1. The SMILES string of the molecule is NC(=O)Nc1cccc(NC(C2CC2)C2CC2)c1. The molecule has 1 aromatic carbocycles. The van der Waals surface area contributed by atoms with Crippen molar-refractivity contribution in [3.63, 3.8) is 0 Å². The molecule has 0 saturated heterocycles. The fourth-order valence-electron chi connectivity index (χ4n) is 2.55. The number of carbonyl (C=O) groups is 1. The van der Waals surface area contributed by atoms with Gasteiger partial charge in [0.1, 0.15) is 0 Å². The minimum atomic E-state index is -0.520. The molecule has 18 heavy (non-hydrogen) atoms. The van der Waals surface area contributed by atoms with Gasteiger partial charge in [-0.25, -0.2) is 4.79 Å². The Bertz CT molecular complexity index is 440. The maximum atomic E-state index is 10.8. The smallest absolute Gasteiger partial charge is 0.316 e. The summed E-state index contributed by atoms with van der Waals surface area (Å²) in [6.45, 7) is 0. The van der Waals surface area contributed by atoms with E-state index in [1.165, 1.54) is 25.7 Å². The minimum absolute atomic E-state index is 0.520. The average Bonchev–Trinajstić information content (AvgIpc) is 3.18. The number of nitrogens with one attached hydrogen (secondary N) is 2. The third kappa shape index (κ3) is 2.75. The first-order valence-electron chi connectivity index (χ1n) is 6.65.